The summed E-state index contributed by atoms with van der Waals surface area (Å²) in [5.74, 6) is 1.72. The molecule has 1 aromatic heterocycles. The molecule has 48 heavy (non-hydrogen) atoms. The molecule has 4 aromatic carbocycles. The molecule has 1 unspecified atom stereocenters. The second kappa shape index (κ2) is 12.2. The second-order valence-corrected chi connectivity index (χ2v) is 12.9. The molecular formula is C44H38N4. The van der Waals surface area contributed by atoms with E-state index in [-0.39, 0.29) is 11.5 Å². The predicted octanol–water partition coefficient (Wildman–Crippen LogP) is 10.1. The van der Waals surface area contributed by atoms with Gasteiger partial charge in [0.2, 0.25) is 0 Å². The quantitative estimate of drug-likeness (QED) is 0.170. The van der Waals surface area contributed by atoms with Crippen LogP contribution in [0.25, 0.3) is 46.3 Å². The molecule has 4 heteroatoms. The van der Waals surface area contributed by atoms with Crippen LogP contribution in [0.5, 0.6) is 0 Å². The molecule has 4 nitrogen and oxygen atoms in total. The first-order chi connectivity index (χ1) is 23.6. The molecule has 0 saturated heterocycles. The lowest BCUT2D eigenvalue weighted by Gasteiger charge is -2.33. The Bertz CT molecular complexity index is 2220. The molecule has 8 rings (SSSR count). The summed E-state index contributed by atoms with van der Waals surface area (Å²) in [5.41, 5.74) is 12.4. The van der Waals surface area contributed by atoms with Gasteiger partial charge in [-0.2, -0.15) is 0 Å². The van der Waals surface area contributed by atoms with Gasteiger partial charge in [0.15, 0.2) is 5.82 Å². The van der Waals surface area contributed by atoms with Crippen molar-refractivity contribution >= 4 is 41.0 Å². The van der Waals surface area contributed by atoms with Crippen LogP contribution in [0.4, 0.5) is 0 Å². The van der Waals surface area contributed by atoms with Crippen molar-refractivity contribution in [2.75, 3.05) is 7.05 Å². The van der Waals surface area contributed by atoms with Crippen molar-refractivity contribution in [3.63, 3.8) is 0 Å². The Morgan fingerprint density at radius 1 is 0.750 bits per heavy atom. The Morgan fingerprint density at radius 3 is 2.15 bits per heavy atom. The maximum absolute atomic E-state index is 4.78. The van der Waals surface area contributed by atoms with Gasteiger partial charge in [-0.05, 0) is 69.5 Å². The third-order valence-electron chi connectivity index (χ3n) is 10.3. The van der Waals surface area contributed by atoms with Crippen LogP contribution in [0, 0.1) is 0 Å². The van der Waals surface area contributed by atoms with Crippen LogP contribution in [0.3, 0.4) is 0 Å². The molecule has 0 fully saturated rings. The number of hydrogen-bond acceptors (Lipinski definition) is 4. The summed E-state index contributed by atoms with van der Waals surface area (Å²) < 4.78 is 0. The lowest BCUT2D eigenvalue weighted by atomic mass is 9.73. The smallest absolute Gasteiger partial charge is 0.152 e. The highest BCUT2D eigenvalue weighted by Gasteiger charge is 2.40. The Morgan fingerprint density at radius 2 is 1.42 bits per heavy atom. The third kappa shape index (κ3) is 5.14. The Hall–Kier alpha value is -5.61. The minimum absolute atomic E-state index is 0.0240. The molecule has 2 aliphatic carbocycles. The fourth-order valence-corrected chi connectivity index (χ4v) is 7.58. The number of allylic oxidation sites excluding steroid dienone is 2. The maximum atomic E-state index is 4.78. The Kier molecular flexibility index (Phi) is 7.57. The van der Waals surface area contributed by atoms with Gasteiger partial charge in [-0.15, -0.1) is 0 Å². The number of para-hydroxylation sites is 1. The van der Waals surface area contributed by atoms with Gasteiger partial charge in [0.1, 0.15) is 5.84 Å². The van der Waals surface area contributed by atoms with E-state index in [0.29, 0.717) is 0 Å². The summed E-state index contributed by atoms with van der Waals surface area (Å²) in [6.07, 6.45) is 23.1. The monoisotopic (exact) mass is 622 g/mol. The molecule has 234 valence electrons. The predicted molar refractivity (Wildman–Crippen MR) is 202 cm³/mol. The molecule has 0 spiro atoms. The molecule has 0 saturated carbocycles. The van der Waals surface area contributed by atoms with Gasteiger partial charge < -0.3 is 4.90 Å². The summed E-state index contributed by atoms with van der Waals surface area (Å²) >= 11 is 0. The Labute approximate surface area is 282 Å². The molecule has 1 aliphatic heterocycles. The van der Waals surface area contributed by atoms with Gasteiger partial charge in [0, 0.05) is 35.8 Å². The van der Waals surface area contributed by atoms with Crippen molar-refractivity contribution in [1.82, 2.24) is 14.9 Å². The van der Waals surface area contributed by atoms with Gasteiger partial charge in [0.25, 0.3) is 0 Å². The number of rotatable bonds is 7. The van der Waals surface area contributed by atoms with E-state index in [9.17, 15) is 0 Å². The number of nitrogens with zero attached hydrogens (tertiary/aromatic N) is 4. The van der Waals surface area contributed by atoms with E-state index in [1.165, 1.54) is 44.5 Å². The van der Waals surface area contributed by atoms with Crippen molar-refractivity contribution in [3.05, 3.63) is 166 Å². The highest BCUT2D eigenvalue weighted by molar-refractivity contribution is 6.00. The number of amidine groups is 1. The Balaban J connectivity index is 1.04. The second-order valence-electron chi connectivity index (χ2n) is 12.9. The van der Waals surface area contributed by atoms with Crippen molar-refractivity contribution in [1.29, 1.82) is 0 Å². The largest absolute Gasteiger partial charge is 0.349 e. The highest BCUT2D eigenvalue weighted by Crippen LogP contribution is 2.53. The summed E-state index contributed by atoms with van der Waals surface area (Å²) in [5, 5.41) is 1.05. The fraction of sp³-hybridized carbons (Fsp3) is 0.159. The van der Waals surface area contributed by atoms with Gasteiger partial charge in [0.05, 0.1) is 11.6 Å². The van der Waals surface area contributed by atoms with Crippen LogP contribution in [0.1, 0.15) is 65.9 Å². The first-order valence-corrected chi connectivity index (χ1v) is 16.9. The molecule has 5 aromatic rings. The standard InChI is InChI=1S/C44H38N4/c1-4-44(5-2)38-26-31(15-14-30-16-21-33(22-17-30)43-46-29-35-11-7-9-13-41(35)48(43)3)18-23-36(38)37-24-19-32(27-39(37)44)20-25-42-45-28-34-10-6-8-12-40(34)47-42/h6-29,41H,4-5H2,1-3H3/b15-14+,25-20+. The zero-order chi connectivity index (χ0) is 32.7. The molecule has 0 N–H and O–H groups in total. The third-order valence-corrected chi connectivity index (χ3v) is 10.3. The van der Waals surface area contributed by atoms with Crippen molar-refractivity contribution in [2.45, 2.75) is 38.1 Å². The van der Waals surface area contributed by atoms with Crippen LogP contribution >= 0.6 is 0 Å². The minimum Gasteiger partial charge on any atom is -0.349 e. The SMILES string of the molecule is CCC1(CC)c2cc(/C=C/c3ccc(C4=NC=C5C=CC=CC5N4C)cc3)ccc2-c2ccc(/C=C/c3ncc4ccccc4n3)cc21. The number of aromatic nitrogens is 2. The average molecular weight is 623 g/mol. The molecule has 0 bridgehead atoms. The lowest BCUT2D eigenvalue weighted by molar-refractivity contribution is 0.466. The van der Waals surface area contributed by atoms with Crippen LogP contribution < -0.4 is 0 Å². The molecule has 0 amide bonds. The summed E-state index contributed by atoms with van der Waals surface area (Å²) in [4.78, 5) is 16.3. The van der Waals surface area contributed by atoms with Crippen LogP contribution in [-0.4, -0.2) is 33.8 Å². The van der Waals surface area contributed by atoms with Crippen molar-refractivity contribution in [2.24, 2.45) is 4.99 Å². The van der Waals surface area contributed by atoms with Gasteiger partial charge in [-0.25, -0.2) is 15.0 Å². The van der Waals surface area contributed by atoms with Crippen molar-refractivity contribution in [3.8, 4) is 11.1 Å². The molecular weight excluding hydrogens is 585 g/mol. The van der Waals surface area contributed by atoms with Crippen molar-refractivity contribution < 1.29 is 0 Å². The van der Waals surface area contributed by atoms with E-state index in [2.05, 4.69) is 134 Å². The van der Waals surface area contributed by atoms with E-state index in [4.69, 9.17) is 9.98 Å². The molecule has 1 atom stereocenters. The van der Waals surface area contributed by atoms with Crippen LogP contribution in [-0.2, 0) is 5.41 Å². The fourth-order valence-electron chi connectivity index (χ4n) is 7.58. The normalized spacial score (nSPS) is 17.5. The first-order valence-electron chi connectivity index (χ1n) is 16.9. The minimum atomic E-state index is -0.0240. The van der Waals surface area contributed by atoms with Gasteiger partial charge in [-0.1, -0.05) is 135 Å². The molecule has 2 heterocycles. The van der Waals surface area contributed by atoms with E-state index in [0.717, 1.165) is 41.0 Å². The topological polar surface area (TPSA) is 41.4 Å². The number of hydrogen-bond donors (Lipinski definition) is 0. The lowest BCUT2D eigenvalue weighted by Crippen LogP contribution is -2.39. The number of benzene rings is 4. The summed E-state index contributed by atoms with van der Waals surface area (Å²) in [6.45, 7) is 4.65. The van der Waals surface area contributed by atoms with Crippen LogP contribution in [0.2, 0.25) is 0 Å². The van der Waals surface area contributed by atoms with E-state index in [1.54, 1.807) is 0 Å². The number of likely N-dealkylation sites (N-methyl/N-ethyl adjacent to an activating group) is 1. The maximum Gasteiger partial charge on any atom is 0.152 e. The molecule has 3 aliphatic rings. The van der Waals surface area contributed by atoms with E-state index >= 15 is 0 Å². The highest BCUT2D eigenvalue weighted by atomic mass is 15.2. The number of aliphatic imine (C=N–C) groups is 1. The zero-order valence-electron chi connectivity index (χ0n) is 27.6. The number of fused-ring (bicyclic) bond motifs is 5. The average Bonchev–Trinajstić information content (AvgIpc) is 3.42. The summed E-state index contributed by atoms with van der Waals surface area (Å²) in [6, 6.07) is 30.9. The molecule has 0 radical (unpaired) electrons. The van der Waals surface area contributed by atoms with Gasteiger partial charge >= 0.3 is 0 Å². The van der Waals surface area contributed by atoms with Crippen LogP contribution in [0.15, 0.2) is 132 Å². The zero-order valence-corrected chi connectivity index (χ0v) is 27.6. The first kappa shape index (κ1) is 29.8. The summed E-state index contributed by atoms with van der Waals surface area (Å²) in [7, 11) is 2.12. The van der Waals surface area contributed by atoms with E-state index < -0.39 is 0 Å². The van der Waals surface area contributed by atoms with Gasteiger partial charge in [-0.3, -0.25) is 0 Å². The van der Waals surface area contributed by atoms with E-state index in [1.807, 2.05) is 42.7 Å².